The molecule has 0 unspecified atom stereocenters. The fourth-order valence-corrected chi connectivity index (χ4v) is 1.94. The van der Waals surface area contributed by atoms with E-state index in [4.69, 9.17) is 10.5 Å². The zero-order valence-corrected chi connectivity index (χ0v) is 12.1. The lowest BCUT2D eigenvalue weighted by Gasteiger charge is -2.12. The summed E-state index contributed by atoms with van der Waals surface area (Å²) in [6, 6.07) is 5.42. The van der Waals surface area contributed by atoms with Gasteiger partial charge in [0.15, 0.2) is 5.69 Å². The molecule has 0 spiro atoms. The van der Waals surface area contributed by atoms with E-state index in [0.717, 1.165) is 4.47 Å². The standard InChI is InChI=1S/C12H13BrN4O2/c1-6(2)19-9-5-7(3-4-8(9)13)10-11(12(14)18)16-17-15-10/h3-6H,1-2H3,(H2,14,18)(H,15,16,17). The molecule has 0 aliphatic rings. The Balaban J connectivity index is 2.45. The summed E-state index contributed by atoms with van der Waals surface area (Å²) < 4.78 is 6.49. The summed E-state index contributed by atoms with van der Waals surface area (Å²) in [6.07, 6.45) is 0.0412. The predicted octanol–water partition coefficient (Wildman–Crippen LogP) is 2.12. The first kappa shape index (κ1) is 13.5. The summed E-state index contributed by atoms with van der Waals surface area (Å²) in [5.41, 5.74) is 6.47. The number of nitrogens with two attached hydrogens (primary N) is 1. The fourth-order valence-electron chi connectivity index (χ4n) is 1.60. The van der Waals surface area contributed by atoms with Crippen molar-refractivity contribution in [1.29, 1.82) is 0 Å². The van der Waals surface area contributed by atoms with Crippen LogP contribution >= 0.6 is 15.9 Å². The van der Waals surface area contributed by atoms with E-state index in [1.807, 2.05) is 26.0 Å². The number of H-pyrrole nitrogens is 1. The highest BCUT2D eigenvalue weighted by Gasteiger charge is 2.16. The lowest BCUT2D eigenvalue weighted by atomic mass is 10.1. The Morgan fingerprint density at radius 2 is 2.16 bits per heavy atom. The van der Waals surface area contributed by atoms with Crippen LogP contribution in [0.25, 0.3) is 11.3 Å². The van der Waals surface area contributed by atoms with Crippen molar-refractivity contribution in [2.24, 2.45) is 5.73 Å². The lowest BCUT2D eigenvalue weighted by Crippen LogP contribution is -2.12. The van der Waals surface area contributed by atoms with Gasteiger partial charge in [0.2, 0.25) is 0 Å². The Labute approximate surface area is 118 Å². The molecule has 100 valence electrons. The van der Waals surface area contributed by atoms with E-state index in [2.05, 4.69) is 31.3 Å². The number of aromatic amines is 1. The number of halogens is 1. The number of benzene rings is 1. The molecule has 0 aliphatic carbocycles. The monoisotopic (exact) mass is 324 g/mol. The zero-order chi connectivity index (χ0) is 14.0. The van der Waals surface area contributed by atoms with Crippen LogP contribution in [0.1, 0.15) is 24.3 Å². The normalized spacial score (nSPS) is 10.7. The summed E-state index contributed by atoms with van der Waals surface area (Å²) >= 11 is 3.41. The average Bonchev–Trinajstić information content (AvgIpc) is 2.80. The van der Waals surface area contributed by atoms with Gasteiger partial charge in [-0.1, -0.05) is 6.07 Å². The van der Waals surface area contributed by atoms with Gasteiger partial charge in [0, 0.05) is 5.56 Å². The van der Waals surface area contributed by atoms with E-state index in [1.54, 1.807) is 6.07 Å². The van der Waals surface area contributed by atoms with Crippen LogP contribution in [-0.2, 0) is 0 Å². The second-order valence-electron chi connectivity index (χ2n) is 4.20. The maximum Gasteiger partial charge on any atom is 0.271 e. The smallest absolute Gasteiger partial charge is 0.271 e. The molecule has 0 saturated carbocycles. The minimum Gasteiger partial charge on any atom is -0.490 e. The predicted molar refractivity (Wildman–Crippen MR) is 73.8 cm³/mol. The molecule has 1 aromatic carbocycles. The van der Waals surface area contributed by atoms with Crippen molar-refractivity contribution in [2.75, 3.05) is 0 Å². The number of amides is 1. The number of nitrogens with zero attached hydrogens (tertiary/aromatic N) is 2. The molecular weight excluding hydrogens is 312 g/mol. The van der Waals surface area contributed by atoms with Crippen LogP contribution in [0.3, 0.4) is 0 Å². The van der Waals surface area contributed by atoms with Gasteiger partial charge in [0.1, 0.15) is 11.4 Å². The number of carbonyl (C=O) groups is 1. The highest BCUT2D eigenvalue weighted by Crippen LogP contribution is 2.31. The number of ether oxygens (including phenoxy) is 1. The zero-order valence-electron chi connectivity index (χ0n) is 10.5. The van der Waals surface area contributed by atoms with Crippen molar-refractivity contribution in [3.63, 3.8) is 0 Å². The molecule has 2 aromatic rings. The van der Waals surface area contributed by atoms with Crippen molar-refractivity contribution in [2.45, 2.75) is 20.0 Å². The molecule has 0 aliphatic heterocycles. The molecule has 0 atom stereocenters. The van der Waals surface area contributed by atoms with E-state index < -0.39 is 5.91 Å². The van der Waals surface area contributed by atoms with Gasteiger partial charge in [-0.2, -0.15) is 15.4 Å². The fraction of sp³-hybridized carbons (Fsp3) is 0.250. The van der Waals surface area contributed by atoms with Crippen LogP contribution in [0.15, 0.2) is 22.7 Å². The van der Waals surface area contributed by atoms with Crippen molar-refractivity contribution in [1.82, 2.24) is 15.4 Å². The van der Waals surface area contributed by atoms with Crippen LogP contribution in [0.2, 0.25) is 0 Å². The Morgan fingerprint density at radius 1 is 1.42 bits per heavy atom. The molecule has 1 aromatic heterocycles. The molecule has 0 saturated heterocycles. The molecule has 3 N–H and O–H groups in total. The van der Waals surface area contributed by atoms with Crippen LogP contribution in [0.4, 0.5) is 0 Å². The van der Waals surface area contributed by atoms with E-state index >= 15 is 0 Å². The lowest BCUT2D eigenvalue weighted by molar-refractivity contribution is 0.0996. The van der Waals surface area contributed by atoms with Crippen molar-refractivity contribution in [3.05, 3.63) is 28.4 Å². The van der Waals surface area contributed by atoms with E-state index in [9.17, 15) is 4.79 Å². The van der Waals surface area contributed by atoms with Crippen LogP contribution in [-0.4, -0.2) is 27.4 Å². The third kappa shape index (κ3) is 2.93. The number of carbonyl (C=O) groups excluding carboxylic acids is 1. The third-order valence-electron chi connectivity index (χ3n) is 2.35. The number of hydrogen-bond donors (Lipinski definition) is 2. The molecule has 2 rings (SSSR count). The molecular formula is C12H13BrN4O2. The maximum absolute atomic E-state index is 11.2. The summed E-state index contributed by atoms with van der Waals surface area (Å²) in [5.74, 6) is 0.0453. The maximum atomic E-state index is 11.2. The molecule has 0 fully saturated rings. The number of primary amides is 1. The summed E-state index contributed by atoms with van der Waals surface area (Å²) in [5, 5.41) is 10.1. The quantitative estimate of drug-likeness (QED) is 0.900. The largest absolute Gasteiger partial charge is 0.490 e. The summed E-state index contributed by atoms with van der Waals surface area (Å²) in [6.45, 7) is 3.87. The van der Waals surface area contributed by atoms with Gasteiger partial charge in [0.05, 0.1) is 10.6 Å². The number of rotatable bonds is 4. The molecule has 0 radical (unpaired) electrons. The van der Waals surface area contributed by atoms with Gasteiger partial charge in [-0.15, -0.1) is 0 Å². The van der Waals surface area contributed by atoms with Crippen molar-refractivity contribution >= 4 is 21.8 Å². The average molecular weight is 325 g/mol. The Morgan fingerprint density at radius 3 is 2.79 bits per heavy atom. The first-order valence-corrected chi connectivity index (χ1v) is 6.45. The number of nitrogens with one attached hydrogen (secondary N) is 1. The second-order valence-corrected chi connectivity index (χ2v) is 5.05. The SMILES string of the molecule is CC(C)Oc1cc(-c2n[nH]nc2C(N)=O)ccc1Br. The topological polar surface area (TPSA) is 93.9 Å². The van der Waals surface area contributed by atoms with Gasteiger partial charge in [-0.05, 0) is 41.9 Å². The first-order chi connectivity index (χ1) is 8.99. The third-order valence-corrected chi connectivity index (χ3v) is 3.00. The van der Waals surface area contributed by atoms with Gasteiger partial charge in [0.25, 0.3) is 5.91 Å². The van der Waals surface area contributed by atoms with Gasteiger partial charge >= 0.3 is 0 Å². The first-order valence-electron chi connectivity index (χ1n) is 5.66. The summed E-state index contributed by atoms with van der Waals surface area (Å²) in [4.78, 5) is 11.2. The second kappa shape index (κ2) is 5.40. The minimum atomic E-state index is -0.627. The molecule has 1 amide bonds. The highest BCUT2D eigenvalue weighted by atomic mass is 79.9. The van der Waals surface area contributed by atoms with Crippen molar-refractivity contribution in [3.8, 4) is 17.0 Å². The van der Waals surface area contributed by atoms with Gasteiger partial charge in [-0.25, -0.2) is 0 Å². The van der Waals surface area contributed by atoms with Crippen molar-refractivity contribution < 1.29 is 9.53 Å². The van der Waals surface area contributed by atoms with Crippen LogP contribution in [0, 0.1) is 0 Å². The molecule has 1 heterocycles. The number of aromatic nitrogens is 3. The highest BCUT2D eigenvalue weighted by molar-refractivity contribution is 9.10. The number of hydrogen-bond acceptors (Lipinski definition) is 4. The molecule has 19 heavy (non-hydrogen) atoms. The van der Waals surface area contributed by atoms with Crippen LogP contribution < -0.4 is 10.5 Å². The molecule has 7 heteroatoms. The Kier molecular flexibility index (Phi) is 3.84. The van der Waals surface area contributed by atoms with E-state index in [0.29, 0.717) is 17.0 Å². The van der Waals surface area contributed by atoms with Gasteiger partial charge < -0.3 is 10.5 Å². The van der Waals surface area contributed by atoms with Crippen LogP contribution in [0.5, 0.6) is 5.75 Å². The van der Waals surface area contributed by atoms with E-state index in [-0.39, 0.29) is 11.8 Å². The van der Waals surface area contributed by atoms with Gasteiger partial charge in [-0.3, -0.25) is 4.79 Å². The molecule has 0 bridgehead atoms. The Hall–Kier alpha value is -1.89. The minimum absolute atomic E-state index is 0.0412. The summed E-state index contributed by atoms with van der Waals surface area (Å²) in [7, 11) is 0. The molecule has 6 nitrogen and oxygen atoms in total. The van der Waals surface area contributed by atoms with E-state index in [1.165, 1.54) is 0 Å². The Bertz CT molecular complexity index is 610.